The molecule has 0 radical (unpaired) electrons. The molecule has 2 saturated heterocycles. The third-order valence-electron chi connectivity index (χ3n) is 11.0. The molecule has 4 aliphatic heterocycles. The Morgan fingerprint density at radius 3 is 2.38 bits per heavy atom. The largest absolute Gasteiger partial charge is 0.463 e. The third kappa shape index (κ3) is 6.44. The first-order chi connectivity index (χ1) is 24.3. The second-order valence-corrected chi connectivity index (χ2v) is 15.0. The SMILES string of the molecule is O=C1CC/C=C\CN(C2CCCCC2)C(=O)[C@H]2N([C@@H](CO)Cc3ccccc3)C(=O)[C@@H]3[C@@H](C(=O)N[C@@H](c4ccccc4)CO1)[C@@H]1O[C@@]32C=C1Br. The standard InChI is InChI=1S/C39H44BrN3O7/c40-29-22-39-33-32(34(29)50-39)36(46)41-30(26-15-7-2-8-16-26)24-49-31(45)19-11-4-12-20-42(27-17-9-3-10-18-27)38(48)35(39)43(37(33)47)28(23-44)21-25-13-5-1-6-14-25/h1-2,4-8,12-16,22,27-28,30,32-35,44H,3,9-11,17-21,23-24H2,(H,41,46)/b12-4-/t28-,30-,32-,33+,34-,35-,39+/m1/s1. The van der Waals surface area contributed by atoms with Crippen LogP contribution in [0, 0.1) is 11.8 Å². The Bertz CT molecular complexity index is 1650. The highest BCUT2D eigenvalue weighted by Crippen LogP contribution is 2.59. The number of cyclic esters (lactones) is 1. The predicted octanol–water partition coefficient (Wildman–Crippen LogP) is 4.38. The van der Waals surface area contributed by atoms with Gasteiger partial charge in [-0.2, -0.15) is 0 Å². The first-order valence-electron chi connectivity index (χ1n) is 17.8. The maximum atomic E-state index is 15.2. The van der Waals surface area contributed by atoms with Gasteiger partial charge in [-0.25, -0.2) is 0 Å². The van der Waals surface area contributed by atoms with E-state index in [1.54, 1.807) is 0 Å². The van der Waals surface area contributed by atoms with Crippen LogP contribution in [0.3, 0.4) is 0 Å². The average molecular weight is 747 g/mol. The van der Waals surface area contributed by atoms with E-state index in [-0.39, 0.29) is 43.5 Å². The van der Waals surface area contributed by atoms with Gasteiger partial charge in [-0.15, -0.1) is 0 Å². The number of rotatable bonds is 6. The summed E-state index contributed by atoms with van der Waals surface area (Å²) in [7, 11) is 0. The summed E-state index contributed by atoms with van der Waals surface area (Å²) >= 11 is 3.66. The van der Waals surface area contributed by atoms with Gasteiger partial charge in [-0.1, -0.05) is 108 Å². The number of hydrogen-bond donors (Lipinski definition) is 2. The highest BCUT2D eigenvalue weighted by Gasteiger charge is 2.75. The Balaban J connectivity index is 1.33. The zero-order chi connectivity index (χ0) is 34.8. The monoisotopic (exact) mass is 745 g/mol. The van der Waals surface area contributed by atoms with Crippen LogP contribution in [-0.4, -0.2) is 88.2 Å². The summed E-state index contributed by atoms with van der Waals surface area (Å²) in [6.07, 6.45) is 10.5. The Hall–Kier alpha value is -3.80. The summed E-state index contributed by atoms with van der Waals surface area (Å²) in [6.45, 7) is -0.151. The maximum absolute atomic E-state index is 15.2. The molecule has 11 heteroatoms. The van der Waals surface area contributed by atoms with E-state index in [9.17, 15) is 19.5 Å². The number of likely N-dealkylation sites (tertiary alicyclic amines) is 1. The molecule has 0 aromatic heterocycles. The minimum Gasteiger partial charge on any atom is -0.463 e. The molecule has 4 heterocycles. The first kappa shape index (κ1) is 34.6. The molecule has 7 rings (SSSR count). The van der Waals surface area contributed by atoms with Crippen molar-refractivity contribution < 1.29 is 33.8 Å². The molecule has 0 unspecified atom stereocenters. The normalized spacial score (nSPS) is 32.0. The number of carbonyl (C=O) groups is 4. The fourth-order valence-corrected chi connectivity index (χ4v) is 9.40. The smallest absolute Gasteiger partial charge is 0.306 e. The van der Waals surface area contributed by atoms with Crippen molar-refractivity contribution in [3.63, 3.8) is 0 Å². The van der Waals surface area contributed by atoms with Crippen molar-refractivity contribution in [2.45, 2.75) is 87.2 Å². The summed E-state index contributed by atoms with van der Waals surface area (Å²) < 4.78 is 13.0. The van der Waals surface area contributed by atoms with E-state index in [1.165, 1.54) is 4.90 Å². The van der Waals surface area contributed by atoms with Gasteiger partial charge in [0.1, 0.15) is 24.4 Å². The minimum atomic E-state index is -1.43. The highest BCUT2D eigenvalue weighted by molar-refractivity contribution is 9.11. The number of fused-ring (bicyclic) bond motifs is 2. The van der Waals surface area contributed by atoms with Gasteiger partial charge < -0.3 is 29.7 Å². The molecule has 5 bridgehead atoms. The molecule has 1 saturated carbocycles. The summed E-state index contributed by atoms with van der Waals surface area (Å²) in [5.41, 5.74) is 0.236. The lowest BCUT2D eigenvalue weighted by molar-refractivity contribution is -0.152. The Morgan fingerprint density at radius 1 is 0.940 bits per heavy atom. The number of ether oxygens (including phenoxy) is 2. The Kier molecular flexibility index (Phi) is 10.3. The van der Waals surface area contributed by atoms with Gasteiger partial charge >= 0.3 is 5.97 Å². The fraction of sp³-hybridized carbons (Fsp3) is 0.487. The van der Waals surface area contributed by atoms with Crippen LogP contribution in [0.2, 0.25) is 0 Å². The minimum absolute atomic E-state index is 0.0428. The number of aliphatic hydroxyl groups is 1. The van der Waals surface area contributed by atoms with Gasteiger partial charge in [-0.05, 0) is 42.9 Å². The summed E-state index contributed by atoms with van der Waals surface area (Å²) in [5, 5.41) is 14.0. The van der Waals surface area contributed by atoms with E-state index in [1.807, 2.05) is 83.8 Å². The van der Waals surface area contributed by atoms with Crippen molar-refractivity contribution >= 4 is 39.6 Å². The molecule has 1 aliphatic carbocycles. The number of aliphatic hydroxyl groups excluding tert-OH is 1. The molecule has 1 spiro atoms. The van der Waals surface area contributed by atoms with Crippen LogP contribution in [0.15, 0.2) is 83.4 Å². The predicted molar refractivity (Wildman–Crippen MR) is 188 cm³/mol. The fourth-order valence-electron chi connectivity index (χ4n) is 8.66. The van der Waals surface area contributed by atoms with E-state index in [0.29, 0.717) is 23.9 Å². The van der Waals surface area contributed by atoms with Crippen molar-refractivity contribution in [1.29, 1.82) is 0 Å². The molecular formula is C39H44BrN3O7. The lowest BCUT2D eigenvalue weighted by atomic mass is 9.73. The topological polar surface area (TPSA) is 125 Å². The number of allylic oxidation sites excluding steroid dienone is 1. The molecule has 7 atom stereocenters. The second kappa shape index (κ2) is 14.8. The van der Waals surface area contributed by atoms with Gasteiger partial charge in [0.05, 0.1) is 30.5 Å². The Morgan fingerprint density at radius 2 is 1.66 bits per heavy atom. The zero-order valence-corrected chi connectivity index (χ0v) is 29.6. The molecular weight excluding hydrogens is 702 g/mol. The quantitative estimate of drug-likeness (QED) is 0.333. The van der Waals surface area contributed by atoms with Gasteiger partial charge in [0.25, 0.3) is 0 Å². The Labute approximate surface area is 301 Å². The van der Waals surface area contributed by atoms with Gasteiger partial charge in [0.15, 0.2) is 0 Å². The van der Waals surface area contributed by atoms with Crippen LogP contribution < -0.4 is 5.32 Å². The van der Waals surface area contributed by atoms with Crippen LogP contribution in [0.5, 0.6) is 0 Å². The second-order valence-electron chi connectivity index (χ2n) is 14.0. The van der Waals surface area contributed by atoms with Crippen LogP contribution in [0.1, 0.15) is 62.1 Å². The molecule has 264 valence electrons. The van der Waals surface area contributed by atoms with E-state index < -0.39 is 47.6 Å². The summed E-state index contributed by atoms with van der Waals surface area (Å²) in [5.74, 6) is -3.45. The van der Waals surface area contributed by atoms with Gasteiger partial charge in [0, 0.05) is 23.5 Å². The number of nitrogens with zero attached hydrogens (tertiary/aromatic N) is 2. The van der Waals surface area contributed by atoms with Crippen LogP contribution in [-0.2, 0) is 35.1 Å². The lowest BCUT2D eigenvalue weighted by Crippen LogP contribution is -2.60. The number of amides is 3. The van der Waals surface area contributed by atoms with E-state index in [2.05, 4.69) is 21.2 Å². The molecule has 5 aliphatic rings. The van der Waals surface area contributed by atoms with Crippen LogP contribution in [0.4, 0.5) is 0 Å². The zero-order valence-electron chi connectivity index (χ0n) is 28.0. The molecule has 3 fully saturated rings. The molecule has 10 nitrogen and oxygen atoms in total. The number of halogens is 1. The summed E-state index contributed by atoms with van der Waals surface area (Å²) in [6, 6.07) is 16.3. The number of hydrogen-bond acceptors (Lipinski definition) is 7. The molecule has 3 amide bonds. The number of nitrogens with one attached hydrogen (secondary N) is 1. The van der Waals surface area contributed by atoms with Gasteiger partial charge in [-0.3, -0.25) is 19.2 Å². The van der Waals surface area contributed by atoms with E-state index >= 15 is 4.79 Å². The van der Waals surface area contributed by atoms with Crippen molar-refractivity contribution in [1.82, 2.24) is 15.1 Å². The molecule has 2 aromatic carbocycles. The summed E-state index contributed by atoms with van der Waals surface area (Å²) in [4.78, 5) is 60.9. The van der Waals surface area contributed by atoms with Crippen molar-refractivity contribution in [2.24, 2.45) is 11.8 Å². The molecule has 2 N–H and O–H groups in total. The maximum Gasteiger partial charge on any atom is 0.306 e. The van der Waals surface area contributed by atoms with Crippen molar-refractivity contribution in [2.75, 3.05) is 19.8 Å². The van der Waals surface area contributed by atoms with Crippen LogP contribution in [0.25, 0.3) is 0 Å². The average Bonchev–Trinajstić information content (AvgIpc) is 3.74. The van der Waals surface area contributed by atoms with Gasteiger partial charge in [0.2, 0.25) is 17.7 Å². The molecule has 50 heavy (non-hydrogen) atoms. The molecule has 2 aromatic rings. The first-order valence-corrected chi connectivity index (χ1v) is 18.6. The lowest BCUT2D eigenvalue weighted by Gasteiger charge is -2.42. The number of carbonyl (C=O) groups excluding carboxylic acids is 4. The highest BCUT2D eigenvalue weighted by atomic mass is 79.9. The number of benzene rings is 2. The van der Waals surface area contributed by atoms with E-state index in [4.69, 9.17) is 9.47 Å². The third-order valence-corrected chi connectivity index (χ3v) is 11.7. The van der Waals surface area contributed by atoms with Crippen molar-refractivity contribution in [3.05, 3.63) is 94.5 Å². The van der Waals surface area contributed by atoms with Crippen LogP contribution >= 0.6 is 15.9 Å². The van der Waals surface area contributed by atoms with Crippen molar-refractivity contribution in [3.8, 4) is 0 Å². The van der Waals surface area contributed by atoms with E-state index in [0.717, 1.165) is 43.2 Å². The number of esters is 1.